The minimum atomic E-state index is -4.16. The van der Waals surface area contributed by atoms with E-state index in [1.807, 2.05) is 58.9 Å². The van der Waals surface area contributed by atoms with Crippen molar-refractivity contribution in [3.05, 3.63) is 94.5 Å². The molecular formula is C31H38ClN3O4S. The molecule has 0 fully saturated rings. The summed E-state index contributed by atoms with van der Waals surface area (Å²) >= 11 is 6.28. The number of anilines is 1. The molecule has 0 spiro atoms. The van der Waals surface area contributed by atoms with Gasteiger partial charge in [0, 0.05) is 17.1 Å². The first-order valence-corrected chi connectivity index (χ1v) is 15.1. The van der Waals surface area contributed by atoms with Crippen LogP contribution in [0, 0.1) is 13.8 Å². The van der Waals surface area contributed by atoms with E-state index in [1.54, 1.807) is 43.3 Å². The molecule has 1 N–H and O–H groups in total. The third-order valence-electron chi connectivity index (χ3n) is 6.41. The zero-order valence-electron chi connectivity index (χ0n) is 23.9. The molecule has 0 aliphatic rings. The number of hydrogen-bond acceptors (Lipinski definition) is 4. The van der Waals surface area contributed by atoms with Gasteiger partial charge in [-0.3, -0.25) is 13.9 Å². The van der Waals surface area contributed by atoms with E-state index in [9.17, 15) is 18.0 Å². The highest BCUT2D eigenvalue weighted by Gasteiger charge is 2.35. The predicted molar refractivity (Wildman–Crippen MR) is 161 cm³/mol. The Kier molecular flexibility index (Phi) is 10.0. The summed E-state index contributed by atoms with van der Waals surface area (Å²) in [7, 11) is -4.16. The smallest absolute Gasteiger partial charge is 0.264 e. The maximum absolute atomic E-state index is 14.1. The summed E-state index contributed by atoms with van der Waals surface area (Å²) in [6.07, 6.45) is 0.348. The first-order chi connectivity index (χ1) is 18.7. The summed E-state index contributed by atoms with van der Waals surface area (Å²) in [5, 5.41) is 3.32. The second kappa shape index (κ2) is 12.9. The van der Waals surface area contributed by atoms with Crippen LogP contribution in [0.5, 0.6) is 0 Å². The molecule has 2 amide bonds. The van der Waals surface area contributed by atoms with Gasteiger partial charge < -0.3 is 10.2 Å². The molecule has 3 rings (SSSR count). The highest BCUT2D eigenvalue weighted by Crippen LogP contribution is 2.30. The Morgan fingerprint density at radius 2 is 1.57 bits per heavy atom. The molecule has 0 heterocycles. The van der Waals surface area contributed by atoms with E-state index >= 15 is 0 Å². The monoisotopic (exact) mass is 583 g/mol. The summed E-state index contributed by atoms with van der Waals surface area (Å²) in [5.41, 5.74) is 2.32. The summed E-state index contributed by atoms with van der Waals surface area (Å²) in [4.78, 5) is 29.1. The number of benzene rings is 3. The van der Waals surface area contributed by atoms with E-state index in [2.05, 4.69) is 5.32 Å². The predicted octanol–water partition coefficient (Wildman–Crippen LogP) is 5.87. The Bertz CT molecular complexity index is 1440. The lowest BCUT2D eigenvalue weighted by Gasteiger charge is -2.35. The second-order valence-electron chi connectivity index (χ2n) is 10.9. The molecule has 7 nitrogen and oxygen atoms in total. The van der Waals surface area contributed by atoms with Gasteiger partial charge in [0.15, 0.2) is 0 Å². The highest BCUT2D eigenvalue weighted by atomic mass is 35.5. The second-order valence-corrected chi connectivity index (χ2v) is 13.2. The van der Waals surface area contributed by atoms with Crippen molar-refractivity contribution in [1.82, 2.24) is 10.2 Å². The molecular weight excluding hydrogens is 546 g/mol. The molecule has 214 valence electrons. The van der Waals surface area contributed by atoms with Crippen molar-refractivity contribution in [3.63, 3.8) is 0 Å². The van der Waals surface area contributed by atoms with Crippen LogP contribution in [-0.2, 0) is 26.2 Å². The standard InChI is InChI=1S/C31H38ClN3O4S/c1-7-27(30(37)33-31(4,5)6)34(20-24-16-13-22(2)14-17-24)29(36)21-35(28-19-25(32)18-15-23(28)3)40(38,39)26-11-9-8-10-12-26/h8-19,27H,7,20-21H2,1-6H3,(H,33,37)/t27-/m0/s1. The van der Waals surface area contributed by atoms with Crippen molar-refractivity contribution in [2.75, 3.05) is 10.8 Å². The first-order valence-electron chi connectivity index (χ1n) is 13.2. The fraction of sp³-hybridized carbons (Fsp3) is 0.355. The van der Waals surface area contributed by atoms with Crippen LogP contribution in [0.3, 0.4) is 0 Å². The molecule has 9 heteroatoms. The van der Waals surface area contributed by atoms with E-state index < -0.39 is 34.1 Å². The number of carbonyl (C=O) groups excluding carboxylic acids is 2. The van der Waals surface area contributed by atoms with E-state index in [0.29, 0.717) is 22.7 Å². The van der Waals surface area contributed by atoms with E-state index in [0.717, 1.165) is 15.4 Å². The molecule has 0 radical (unpaired) electrons. The van der Waals surface area contributed by atoms with Gasteiger partial charge in [0.2, 0.25) is 11.8 Å². The van der Waals surface area contributed by atoms with E-state index in [4.69, 9.17) is 11.6 Å². The SMILES string of the molecule is CC[C@@H](C(=O)NC(C)(C)C)N(Cc1ccc(C)cc1)C(=O)CN(c1cc(Cl)ccc1C)S(=O)(=O)c1ccccc1. The van der Waals surface area contributed by atoms with Gasteiger partial charge in [0.25, 0.3) is 10.0 Å². The van der Waals surface area contributed by atoms with Gasteiger partial charge in [-0.2, -0.15) is 0 Å². The molecule has 0 saturated carbocycles. The van der Waals surface area contributed by atoms with Crippen molar-refractivity contribution in [2.45, 2.75) is 71.0 Å². The third-order valence-corrected chi connectivity index (χ3v) is 8.42. The normalized spacial score (nSPS) is 12.5. The van der Waals surface area contributed by atoms with Gasteiger partial charge in [0.1, 0.15) is 12.6 Å². The molecule has 0 bridgehead atoms. The number of hydrogen-bond donors (Lipinski definition) is 1. The van der Waals surface area contributed by atoms with Gasteiger partial charge in [0.05, 0.1) is 10.6 Å². The molecule has 0 aliphatic carbocycles. The van der Waals surface area contributed by atoms with Crippen LogP contribution in [0.2, 0.25) is 5.02 Å². The number of halogens is 1. The van der Waals surface area contributed by atoms with E-state index in [1.165, 1.54) is 17.0 Å². The molecule has 0 unspecified atom stereocenters. The quantitative estimate of drug-likeness (QED) is 0.323. The van der Waals surface area contributed by atoms with Gasteiger partial charge >= 0.3 is 0 Å². The summed E-state index contributed by atoms with van der Waals surface area (Å²) < 4.78 is 29.0. The molecule has 3 aromatic rings. The topological polar surface area (TPSA) is 86.8 Å². The lowest BCUT2D eigenvalue weighted by molar-refractivity contribution is -0.141. The Balaban J connectivity index is 2.10. The lowest BCUT2D eigenvalue weighted by atomic mass is 10.1. The zero-order chi connectivity index (χ0) is 29.7. The maximum atomic E-state index is 14.1. The van der Waals surface area contributed by atoms with Crippen molar-refractivity contribution in [2.24, 2.45) is 0 Å². The number of carbonyl (C=O) groups is 2. The number of amides is 2. The Labute approximate surface area is 243 Å². The molecule has 40 heavy (non-hydrogen) atoms. The molecule has 3 aromatic carbocycles. The summed E-state index contributed by atoms with van der Waals surface area (Å²) in [6, 6.07) is 19.8. The highest BCUT2D eigenvalue weighted by molar-refractivity contribution is 7.92. The molecule has 0 aliphatic heterocycles. The lowest BCUT2D eigenvalue weighted by Crippen LogP contribution is -2.55. The molecule has 1 atom stereocenters. The third kappa shape index (κ3) is 7.86. The number of aryl methyl sites for hydroxylation is 2. The van der Waals surface area contributed by atoms with Gasteiger partial charge in [-0.05, 0) is 76.4 Å². The zero-order valence-corrected chi connectivity index (χ0v) is 25.5. The number of rotatable bonds is 10. The number of nitrogens with zero attached hydrogens (tertiary/aromatic N) is 2. The average Bonchev–Trinajstić information content (AvgIpc) is 2.89. The average molecular weight is 584 g/mol. The van der Waals surface area contributed by atoms with Crippen molar-refractivity contribution in [3.8, 4) is 0 Å². The first kappa shape index (κ1) is 31.2. The summed E-state index contributed by atoms with van der Waals surface area (Å²) in [6.45, 7) is 10.8. The molecule has 0 aromatic heterocycles. The van der Waals surface area contributed by atoms with Crippen LogP contribution in [0.1, 0.15) is 50.8 Å². The Hall–Kier alpha value is -3.36. The number of nitrogens with one attached hydrogen (secondary N) is 1. The summed E-state index contributed by atoms with van der Waals surface area (Å²) in [5.74, 6) is -0.803. The minimum absolute atomic E-state index is 0.0461. The fourth-order valence-electron chi connectivity index (χ4n) is 4.35. The van der Waals surface area contributed by atoms with Crippen molar-refractivity contribution < 1.29 is 18.0 Å². The largest absolute Gasteiger partial charge is 0.350 e. The molecule has 0 saturated heterocycles. The van der Waals surface area contributed by atoms with Gasteiger partial charge in [-0.25, -0.2) is 8.42 Å². The van der Waals surface area contributed by atoms with Gasteiger partial charge in [-0.15, -0.1) is 0 Å². The van der Waals surface area contributed by atoms with Gasteiger partial charge in [-0.1, -0.05) is 72.6 Å². The number of sulfonamides is 1. The van der Waals surface area contributed by atoms with Crippen LogP contribution in [-0.4, -0.2) is 43.3 Å². The Morgan fingerprint density at radius 3 is 2.15 bits per heavy atom. The fourth-order valence-corrected chi connectivity index (χ4v) is 6.00. The van der Waals surface area contributed by atoms with Crippen LogP contribution >= 0.6 is 11.6 Å². The van der Waals surface area contributed by atoms with Crippen LogP contribution in [0.25, 0.3) is 0 Å². The van der Waals surface area contributed by atoms with Crippen LogP contribution in [0.4, 0.5) is 5.69 Å². The maximum Gasteiger partial charge on any atom is 0.264 e. The van der Waals surface area contributed by atoms with Crippen LogP contribution in [0.15, 0.2) is 77.7 Å². The van der Waals surface area contributed by atoms with Crippen molar-refractivity contribution >= 4 is 39.1 Å². The minimum Gasteiger partial charge on any atom is -0.350 e. The van der Waals surface area contributed by atoms with E-state index in [-0.39, 0.29) is 17.3 Å². The van der Waals surface area contributed by atoms with Crippen molar-refractivity contribution in [1.29, 1.82) is 0 Å². The Morgan fingerprint density at radius 1 is 0.950 bits per heavy atom. The van der Waals surface area contributed by atoms with Crippen LogP contribution < -0.4 is 9.62 Å².